The van der Waals surface area contributed by atoms with E-state index in [1.165, 1.54) is 89.9 Å². The molecule has 2 unspecified atom stereocenters. The number of aliphatic hydroxyl groups excluding tert-OH is 1. The molecule has 0 aliphatic rings. The van der Waals surface area contributed by atoms with Crippen LogP contribution in [0, 0.1) is 0 Å². The van der Waals surface area contributed by atoms with Crippen molar-refractivity contribution in [2.24, 2.45) is 0 Å². The summed E-state index contributed by atoms with van der Waals surface area (Å²) in [4.78, 5) is 71.6. The highest BCUT2D eigenvalue weighted by atomic mass is 31.2. The lowest BCUT2D eigenvalue weighted by atomic mass is 10.0. The van der Waals surface area contributed by atoms with Crippen LogP contribution >= 0.6 is 15.6 Å². The quantitative estimate of drug-likeness (QED) is 0.0222. The number of aliphatic hydroxyl groups is 1. The second kappa shape index (κ2) is 54.3. The van der Waals surface area contributed by atoms with Gasteiger partial charge in [-0.05, 0) is 25.7 Å². The summed E-state index contributed by atoms with van der Waals surface area (Å²) in [6.45, 7) is 4.74. The molecule has 5 atom stereocenters. The largest absolute Gasteiger partial charge is 0.472 e. The number of esters is 4. The second-order valence-electron chi connectivity index (χ2n) is 21.4. The van der Waals surface area contributed by atoms with E-state index < -0.39 is 97.5 Å². The fraction of sp³-hybridized carbons (Fsp3) is 0.932. The summed E-state index contributed by atoms with van der Waals surface area (Å²) in [5.74, 6) is -2.15. The summed E-state index contributed by atoms with van der Waals surface area (Å²) in [7, 11) is -9.86. The zero-order valence-corrected chi connectivity index (χ0v) is 51.4. The SMILES string of the molecule is CCCCCCCCCCCCCCCCCCCC(=O)O[C@H](COC(=O)CCCCCCCCC)COP(=O)(O)OC[C@@H](O)COP(=O)(O)OC[C@@H](COC(=O)CCCCCCCCC)OC(=O)CCCCCCCCC. The molecule has 0 aromatic rings. The molecule has 0 fully saturated rings. The van der Waals surface area contributed by atoms with Gasteiger partial charge in [-0.15, -0.1) is 0 Å². The summed E-state index contributed by atoms with van der Waals surface area (Å²) < 4.78 is 67.5. The van der Waals surface area contributed by atoms with Crippen molar-refractivity contribution in [3.63, 3.8) is 0 Å². The van der Waals surface area contributed by atoms with Crippen molar-refractivity contribution < 1.29 is 80.2 Å². The lowest BCUT2D eigenvalue weighted by Gasteiger charge is -2.21. The van der Waals surface area contributed by atoms with Gasteiger partial charge in [0.15, 0.2) is 12.2 Å². The van der Waals surface area contributed by atoms with Crippen LogP contribution in [0.15, 0.2) is 0 Å². The summed E-state index contributed by atoms with van der Waals surface area (Å²) in [6.07, 6.45) is 38.0. The van der Waals surface area contributed by atoms with Gasteiger partial charge in [0.1, 0.15) is 19.3 Å². The molecule has 462 valence electrons. The van der Waals surface area contributed by atoms with E-state index in [-0.39, 0.29) is 25.7 Å². The van der Waals surface area contributed by atoms with Gasteiger partial charge in [-0.1, -0.05) is 246 Å². The molecular formula is C59H114O17P2. The van der Waals surface area contributed by atoms with Gasteiger partial charge in [-0.25, -0.2) is 9.13 Å². The van der Waals surface area contributed by atoms with Gasteiger partial charge in [0.25, 0.3) is 0 Å². The first-order valence-electron chi connectivity index (χ1n) is 31.3. The molecule has 0 aromatic heterocycles. The zero-order valence-electron chi connectivity index (χ0n) is 49.6. The van der Waals surface area contributed by atoms with Crippen LogP contribution in [-0.4, -0.2) is 96.7 Å². The number of ether oxygens (including phenoxy) is 4. The molecule has 19 heteroatoms. The Labute approximate surface area is 473 Å². The van der Waals surface area contributed by atoms with Crippen LogP contribution in [0.3, 0.4) is 0 Å². The monoisotopic (exact) mass is 1160 g/mol. The third-order valence-corrected chi connectivity index (χ3v) is 15.5. The third-order valence-electron chi connectivity index (χ3n) is 13.6. The molecule has 0 aliphatic carbocycles. The molecule has 3 N–H and O–H groups in total. The predicted octanol–water partition coefficient (Wildman–Crippen LogP) is 16.0. The summed E-state index contributed by atoms with van der Waals surface area (Å²) in [6, 6.07) is 0. The Morgan fingerprint density at radius 3 is 0.756 bits per heavy atom. The lowest BCUT2D eigenvalue weighted by molar-refractivity contribution is -0.161. The predicted molar refractivity (Wildman–Crippen MR) is 308 cm³/mol. The minimum absolute atomic E-state index is 0.104. The van der Waals surface area contributed by atoms with Crippen LogP contribution < -0.4 is 0 Å². The molecule has 0 radical (unpaired) electrons. The second-order valence-corrected chi connectivity index (χ2v) is 24.3. The van der Waals surface area contributed by atoms with E-state index in [4.69, 9.17) is 37.0 Å². The minimum Gasteiger partial charge on any atom is -0.462 e. The molecule has 0 heterocycles. The topological polar surface area (TPSA) is 237 Å². The van der Waals surface area contributed by atoms with Crippen LogP contribution in [0.1, 0.15) is 297 Å². The fourth-order valence-corrected chi connectivity index (χ4v) is 10.3. The van der Waals surface area contributed by atoms with Crippen LogP contribution in [-0.2, 0) is 65.4 Å². The normalized spacial score (nSPS) is 14.3. The highest BCUT2D eigenvalue weighted by molar-refractivity contribution is 7.47. The average molecular weight is 1160 g/mol. The number of rotatable bonds is 60. The van der Waals surface area contributed by atoms with Gasteiger partial charge in [-0.3, -0.25) is 37.3 Å². The molecule has 0 bridgehead atoms. The van der Waals surface area contributed by atoms with Crippen LogP contribution in [0.4, 0.5) is 0 Å². The molecule has 0 spiro atoms. The Kier molecular flexibility index (Phi) is 53.0. The molecular weight excluding hydrogens is 1040 g/mol. The Morgan fingerprint density at radius 1 is 0.308 bits per heavy atom. The Bertz CT molecular complexity index is 1520. The highest BCUT2D eigenvalue weighted by Crippen LogP contribution is 2.45. The summed E-state index contributed by atoms with van der Waals surface area (Å²) in [5, 5.41) is 10.5. The van der Waals surface area contributed by atoms with Gasteiger partial charge in [0.05, 0.1) is 26.4 Å². The molecule has 78 heavy (non-hydrogen) atoms. The first-order valence-corrected chi connectivity index (χ1v) is 34.3. The maximum atomic E-state index is 12.9. The fourth-order valence-electron chi connectivity index (χ4n) is 8.75. The summed E-state index contributed by atoms with van der Waals surface area (Å²) in [5.41, 5.74) is 0. The Hall–Kier alpha value is -1.94. The minimum atomic E-state index is -4.93. The first-order chi connectivity index (χ1) is 37.7. The van der Waals surface area contributed by atoms with Gasteiger partial charge in [0, 0.05) is 25.7 Å². The van der Waals surface area contributed by atoms with Crippen molar-refractivity contribution in [3.05, 3.63) is 0 Å². The molecule has 0 aromatic carbocycles. The molecule has 0 rings (SSSR count). The van der Waals surface area contributed by atoms with E-state index in [0.717, 1.165) is 128 Å². The van der Waals surface area contributed by atoms with E-state index in [2.05, 4.69) is 27.7 Å². The molecule has 0 aliphatic heterocycles. The average Bonchev–Trinajstić information content (AvgIpc) is 3.41. The zero-order chi connectivity index (χ0) is 57.6. The lowest BCUT2D eigenvalue weighted by Crippen LogP contribution is -2.30. The van der Waals surface area contributed by atoms with E-state index in [1.807, 2.05) is 0 Å². The van der Waals surface area contributed by atoms with E-state index >= 15 is 0 Å². The molecule has 0 saturated carbocycles. The number of hydrogen-bond acceptors (Lipinski definition) is 15. The van der Waals surface area contributed by atoms with Gasteiger partial charge in [-0.2, -0.15) is 0 Å². The van der Waals surface area contributed by atoms with Gasteiger partial charge < -0.3 is 33.8 Å². The number of phosphoric acid groups is 2. The molecule has 0 saturated heterocycles. The molecule has 17 nitrogen and oxygen atoms in total. The Balaban J connectivity index is 5.09. The van der Waals surface area contributed by atoms with Crippen LogP contribution in [0.5, 0.6) is 0 Å². The van der Waals surface area contributed by atoms with Gasteiger partial charge in [0.2, 0.25) is 0 Å². The van der Waals surface area contributed by atoms with Crippen LogP contribution in [0.2, 0.25) is 0 Å². The third kappa shape index (κ3) is 53.4. The smallest absolute Gasteiger partial charge is 0.462 e. The number of phosphoric ester groups is 2. The number of carbonyl (C=O) groups excluding carboxylic acids is 4. The standard InChI is InChI=1S/C59H114O17P2/c1-5-9-13-17-21-22-23-24-25-26-27-28-29-30-34-38-42-46-59(64)76-55(50-70-57(62)44-40-36-32-19-15-11-7-3)52-74-78(67,68)72-48-53(60)47-71-77(65,66)73-51-54(75-58(63)45-41-37-33-20-16-12-8-4)49-69-56(61)43-39-35-31-18-14-10-6-2/h53-55,60H,5-52H2,1-4H3,(H,65,66)(H,67,68)/t53-,54+,55+/m0/s1. The highest BCUT2D eigenvalue weighted by Gasteiger charge is 2.30. The van der Waals surface area contributed by atoms with Crippen molar-refractivity contribution in [2.45, 2.75) is 316 Å². The Morgan fingerprint density at radius 2 is 0.513 bits per heavy atom. The van der Waals surface area contributed by atoms with Crippen molar-refractivity contribution in [3.8, 4) is 0 Å². The van der Waals surface area contributed by atoms with Crippen molar-refractivity contribution in [1.29, 1.82) is 0 Å². The van der Waals surface area contributed by atoms with Crippen molar-refractivity contribution >= 4 is 39.5 Å². The maximum absolute atomic E-state index is 12.9. The number of hydrogen-bond donors (Lipinski definition) is 3. The first kappa shape index (κ1) is 76.1. The van der Waals surface area contributed by atoms with Crippen molar-refractivity contribution in [2.75, 3.05) is 39.6 Å². The van der Waals surface area contributed by atoms with E-state index in [9.17, 15) is 43.2 Å². The maximum Gasteiger partial charge on any atom is 0.472 e. The molecule has 0 amide bonds. The van der Waals surface area contributed by atoms with Gasteiger partial charge >= 0.3 is 39.5 Å². The number of unbranched alkanes of at least 4 members (excludes halogenated alkanes) is 34. The van der Waals surface area contributed by atoms with E-state index in [1.54, 1.807) is 0 Å². The van der Waals surface area contributed by atoms with E-state index in [0.29, 0.717) is 25.7 Å². The van der Waals surface area contributed by atoms with Crippen LogP contribution in [0.25, 0.3) is 0 Å². The van der Waals surface area contributed by atoms with Crippen molar-refractivity contribution in [1.82, 2.24) is 0 Å². The number of carbonyl (C=O) groups is 4. The summed E-state index contributed by atoms with van der Waals surface area (Å²) >= 11 is 0.